The normalized spacial score (nSPS) is 14.9. The van der Waals surface area contributed by atoms with E-state index in [2.05, 4.69) is 5.32 Å². The average molecular weight is 348 g/mol. The Morgan fingerprint density at radius 3 is 2.64 bits per heavy atom. The summed E-state index contributed by atoms with van der Waals surface area (Å²) < 4.78 is 10.7. The van der Waals surface area contributed by atoms with Crippen LogP contribution < -0.4 is 10.1 Å². The monoisotopic (exact) mass is 348 g/mol. The molecule has 0 unspecified atom stereocenters. The fourth-order valence-corrected chi connectivity index (χ4v) is 2.85. The molecule has 0 radical (unpaired) electrons. The molecule has 1 aliphatic heterocycles. The maximum atomic E-state index is 12.0. The highest BCUT2D eigenvalue weighted by atomic mass is 16.6. The fourth-order valence-electron chi connectivity index (χ4n) is 2.85. The number of amides is 2. The quantitative estimate of drug-likeness (QED) is 0.770. The van der Waals surface area contributed by atoms with Gasteiger partial charge in [0.15, 0.2) is 0 Å². The van der Waals surface area contributed by atoms with Gasteiger partial charge in [-0.1, -0.05) is 18.2 Å². The largest absolute Gasteiger partial charge is 0.493 e. The molecule has 1 fully saturated rings. The van der Waals surface area contributed by atoms with Gasteiger partial charge in [0.25, 0.3) is 0 Å². The Hall–Kier alpha value is -2.24. The van der Waals surface area contributed by atoms with Crippen LogP contribution in [0.15, 0.2) is 24.3 Å². The minimum absolute atomic E-state index is 0.0444. The number of piperidine rings is 1. The summed E-state index contributed by atoms with van der Waals surface area (Å²) >= 11 is 0. The first-order chi connectivity index (χ1) is 12.1. The van der Waals surface area contributed by atoms with Gasteiger partial charge in [-0.25, -0.2) is 4.79 Å². The van der Waals surface area contributed by atoms with Crippen LogP contribution in [0.25, 0.3) is 0 Å². The molecule has 6 nitrogen and oxygen atoms in total. The van der Waals surface area contributed by atoms with E-state index in [1.54, 1.807) is 11.8 Å². The minimum atomic E-state index is -0.263. The molecule has 1 aromatic carbocycles. The smallest absolute Gasteiger partial charge is 0.409 e. The zero-order valence-corrected chi connectivity index (χ0v) is 15.1. The summed E-state index contributed by atoms with van der Waals surface area (Å²) in [5.41, 5.74) is 1.10. The van der Waals surface area contributed by atoms with Crippen LogP contribution >= 0.6 is 0 Å². The zero-order valence-electron chi connectivity index (χ0n) is 15.1. The van der Waals surface area contributed by atoms with E-state index in [-0.39, 0.29) is 18.0 Å². The van der Waals surface area contributed by atoms with E-state index in [9.17, 15) is 9.59 Å². The van der Waals surface area contributed by atoms with Crippen molar-refractivity contribution in [3.63, 3.8) is 0 Å². The highest BCUT2D eigenvalue weighted by molar-refractivity contribution is 5.76. The number of likely N-dealkylation sites (tertiary alicyclic amines) is 1. The lowest BCUT2D eigenvalue weighted by molar-refractivity contribution is -0.122. The van der Waals surface area contributed by atoms with Gasteiger partial charge in [-0.2, -0.15) is 0 Å². The second-order valence-corrected chi connectivity index (χ2v) is 6.25. The number of carbonyl (C=O) groups is 2. The maximum absolute atomic E-state index is 12.0. The summed E-state index contributed by atoms with van der Waals surface area (Å²) in [7, 11) is 0. The van der Waals surface area contributed by atoms with Crippen LogP contribution in [0.1, 0.15) is 38.2 Å². The van der Waals surface area contributed by atoms with E-state index in [4.69, 9.17) is 9.47 Å². The number of benzene rings is 1. The van der Waals surface area contributed by atoms with Crippen LogP contribution in [0.4, 0.5) is 4.79 Å². The molecular formula is C19H28N2O4. The molecule has 6 heteroatoms. The van der Waals surface area contributed by atoms with Crippen molar-refractivity contribution in [2.45, 2.75) is 45.6 Å². The Labute approximate surface area is 149 Å². The topological polar surface area (TPSA) is 67.9 Å². The standard InChI is InChI=1S/C19H28N2O4/c1-3-24-19(23)21-12-10-16(11-13-21)20-18(22)9-6-14-25-17-8-5-4-7-15(17)2/h4-5,7-8,16H,3,6,9-14H2,1-2H3,(H,20,22). The van der Waals surface area contributed by atoms with Crippen molar-refractivity contribution in [2.75, 3.05) is 26.3 Å². The predicted octanol–water partition coefficient (Wildman–Crippen LogP) is 2.89. The fraction of sp³-hybridized carbons (Fsp3) is 0.579. The van der Waals surface area contributed by atoms with Gasteiger partial charge in [0, 0.05) is 25.6 Å². The predicted molar refractivity (Wildman–Crippen MR) is 95.7 cm³/mol. The van der Waals surface area contributed by atoms with Crippen LogP contribution in [0.3, 0.4) is 0 Å². The minimum Gasteiger partial charge on any atom is -0.493 e. The van der Waals surface area contributed by atoms with Gasteiger partial charge in [-0.3, -0.25) is 4.79 Å². The van der Waals surface area contributed by atoms with Crippen LogP contribution in [0.2, 0.25) is 0 Å². The van der Waals surface area contributed by atoms with Crippen molar-refractivity contribution in [2.24, 2.45) is 0 Å². The SMILES string of the molecule is CCOC(=O)N1CCC(NC(=O)CCCOc2ccccc2C)CC1. The van der Waals surface area contributed by atoms with E-state index in [1.807, 2.05) is 31.2 Å². The summed E-state index contributed by atoms with van der Waals surface area (Å²) in [5, 5.41) is 3.05. The van der Waals surface area contributed by atoms with Gasteiger partial charge in [0.1, 0.15) is 5.75 Å². The lowest BCUT2D eigenvalue weighted by Crippen LogP contribution is -2.46. The molecule has 1 heterocycles. The third-order valence-corrected chi connectivity index (χ3v) is 4.29. The number of hydrogen-bond acceptors (Lipinski definition) is 4. The molecule has 0 spiro atoms. The molecule has 0 saturated carbocycles. The van der Waals surface area contributed by atoms with Crippen molar-refractivity contribution in [1.82, 2.24) is 10.2 Å². The van der Waals surface area contributed by atoms with Crippen molar-refractivity contribution in [3.05, 3.63) is 29.8 Å². The molecule has 25 heavy (non-hydrogen) atoms. The number of para-hydroxylation sites is 1. The Morgan fingerprint density at radius 1 is 1.24 bits per heavy atom. The van der Waals surface area contributed by atoms with Crippen molar-refractivity contribution in [3.8, 4) is 5.75 Å². The Kier molecular flexibility index (Phi) is 7.57. The third kappa shape index (κ3) is 6.29. The molecular weight excluding hydrogens is 320 g/mol. The highest BCUT2D eigenvalue weighted by Gasteiger charge is 2.24. The van der Waals surface area contributed by atoms with Crippen LogP contribution in [-0.2, 0) is 9.53 Å². The average Bonchev–Trinajstić information content (AvgIpc) is 2.61. The molecule has 0 aliphatic carbocycles. The second-order valence-electron chi connectivity index (χ2n) is 6.25. The molecule has 2 rings (SSSR count). The third-order valence-electron chi connectivity index (χ3n) is 4.29. The Balaban J connectivity index is 1.60. The van der Waals surface area contributed by atoms with Gasteiger partial charge in [-0.15, -0.1) is 0 Å². The first kappa shape index (κ1) is 19.1. The molecule has 0 atom stereocenters. The van der Waals surface area contributed by atoms with Crippen LogP contribution in [-0.4, -0.2) is 49.2 Å². The van der Waals surface area contributed by atoms with Crippen molar-refractivity contribution in [1.29, 1.82) is 0 Å². The van der Waals surface area contributed by atoms with Gasteiger partial charge in [0.05, 0.1) is 13.2 Å². The lowest BCUT2D eigenvalue weighted by atomic mass is 10.1. The number of carbonyl (C=O) groups excluding carboxylic acids is 2. The van der Waals surface area contributed by atoms with Crippen molar-refractivity contribution >= 4 is 12.0 Å². The van der Waals surface area contributed by atoms with Gasteiger partial charge in [-0.05, 0) is 44.7 Å². The summed E-state index contributed by atoms with van der Waals surface area (Å²) in [4.78, 5) is 25.4. The molecule has 1 aromatic rings. The van der Waals surface area contributed by atoms with Gasteiger partial charge in [0.2, 0.25) is 5.91 Å². The molecule has 0 bridgehead atoms. The van der Waals surface area contributed by atoms with Gasteiger partial charge >= 0.3 is 6.09 Å². The van der Waals surface area contributed by atoms with Crippen molar-refractivity contribution < 1.29 is 19.1 Å². The molecule has 1 N–H and O–H groups in total. The number of nitrogens with one attached hydrogen (secondary N) is 1. The first-order valence-electron chi connectivity index (χ1n) is 8.99. The summed E-state index contributed by atoms with van der Waals surface area (Å²) in [6.45, 7) is 5.97. The summed E-state index contributed by atoms with van der Waals surface area (Å²) in [6.07, 6.45) is 2.40. The number of rotatable bonds is 7. The number of nitrogens with zero attached hydrogens (tertiary/aromatic N) is 1. The van der Waals surface area contributed by atoms with Crippen LogP contribution in [0, 0.1) is 6.92 Å². The summed E-state index contributed by atoms with van der Waals surface area (Å²) in [6, 6.07) is 7.99. The van der Waals surface area contributed by atoms with E-state index >= 15 is 0 Å². The van der Waals surface area contributed by atoms with Crippen LogP contribution in [0.5, 0.6) is 5.75 Å². The molecule has 2 amide bonds. The maximum Gasteiger partial charge on any atom is 0.409 e. The van der Waals surface area contributed by atoms with E-state index < -0.39 is 0 Å². The molecule has 0 aromatic heterocycles. The number of ether oxygens (including phenoxy) is 2. The first-order valence-corrected chi connectivity index (χ1v) is 8.99. The van der Waals surface area contributed by atoms with E-state index in [1.165, 1.54) is 0 Å². The molecule has 1 saturated heterocycles. The Bertz CT molecular complexity index is 568. The summed E-state index contributed by atoms with van der Waals surface area (Å²) in [5.74, 6) is 0.914. The molecule has 138 valence electrons. The Morgan fingerprint density at radius 2 is 1.96 bits per heavy atom. The molecule has 1 aliphatic rings. The number of aryl methyl sites for hydroxylation is 1. The van der Waals surface area contributed by atoms with Gasteiger partial charge < -0.3 is 19.7 Å². The second kappa shape index (κ2) is 9.91. The zero-order chi connectivity index (χ0) is 18.1. The lowest BCUT2D eigenvalue weighted by Gasteiger charge is -2.31. The van der Waals surface area contributed by atoms with E-state index in [0.717, 1.165) is 24.2 Å². The number of hydrogen-bond donors (Lipinski definition) is 1. The highest BCUT2D eigenvalue weighted by Crippen LogP contribution is 2.16. The van der Waals surface area contributed by atoms with E-state index in [0.29, 0.717) is 39.1 Å².